The topological polar surface area (TPSA) is 85.4 Å². The molecule has 2 N–H and O–H groups in total. The van der Waals surface area contributed by atoms with Crippen LogP contribution in [0.25, 0.3) is 0 Å². The molecule has 0 saturated heterocycles. The number of amides is 2. The Labute approximate surface area is 180 Å². The molecule has 168 valence electrons. The molecule has 0 saturated carbocycles. The summed E-state index contributed by atoms with van der Waals surface area (Å²) in [5, 5.41) is 5.64. The van der Waals surface area contributed by atoms with Gasteiger partial charge in [-0.25, -0.2) is 9.18 Å². The van der Waals surface area contributed by atoms with E-state index in [0.717, 1.165) is 23.6 Å². The summed E-state index contributed by atoms with van der Waals surface area (Å²) in [5.41, 5.74) is 1.42. The summed E-state index contributed by atoms with van der Waals surface area (Å²) in [6.07, 6.45) is 0.797. The van der Waals surface area contributed by atoms with Crippen LogP contribution in [0.2, 0.25) is 0 Å². The molecule has 0 spiro atoms. The van der Waals surface area contributed by atoms with E-state index in [2.05, 4.69) is 25.3 Å². The van der Waals surface area contributed by atoms with Gasteiger partial charge in [-0.15, -0.1) is 13.2 Å². The highest BCUT2D eigenvalue weighted by atomic mass is 19.4. The van der Waals surface area contributed by atoms with Gasteiger partial charge < -0.3 is 20.1 Å². The molecule has 1 aromatic carbocycles. The third kappa shape index (κ3) is 6.83. The monoisotopic (exact) mass is 450 g/mol. The van der Waals surface area contributed by atoms with Gasteiger partial charge >= 0.3 is 12.4 Å². The van der Waals surface area contributed by atoms with Gasteiger partial charge in [0, 0.05) is 18.8 Å². The average molecular weight is 450 g/mol. The molecule has 1 atom stereocenters. The first-order valence-corrected chi connectivity index (χ1v) is 9.37. The lowest BCUT2D eigenvalue weighted by Gasteiger charge is -2.25. The van der Waals surface area contributed by atoms with E-state index in [1.807, 2.05) is 12.1 Å². The fourth-order valence-corrected chi connectivity index (χ4v) is 2.76. The lowest BCUT2D eigenvalue weighted by Crippen LogP contribution is -2.35. The van der Waals surface area contributed by atoms with Crippen molar-refractivity contribution in [2.75, 3.05) is 11.9 Å². The van der Waals surface area contributed by atoms with Crippen LogP contribution in [0.3, 0.4) is 0 Å². The van der Waals surface area contributed by atoms with E-state index < -0.39 is 17.9 Å². The van der Waals surface area contributed by atoms with Gasteiger partial charge in [0.25, 0.3) is 0 Å². The third-order valence-corrected chi connectivity index (χ3v) is 4.08. The number of para-hydroxylation sites is 1. The molecule has 32 heavy (non-hydrogen) atoms. The zero-order valence-corrected chi connectivity index (χ0v) is 16.5. The Bertz CT molecular complexity index is 1030. The van der Waals surface area contributed by atoms with Gasteiger partial charge in [-0.1, -0.05) is 12.1 Å². The van der Waals surface area contributed by atoms with Crippen molar-refractivity contribution in [3.63, 3.8) is 0 Å². The minimum absolute atomic E-state index is 0.142. The van der Waals surface area contributed by atoms with E-state index in [4.69, 9.17) is 4.74 Å². The minimum Gasteiger partial charge on any atom is -0.491 e. The van der Waals surface area contributed by atoms with Crippen molar-refractivity contribution in [1.29, 1.82) is 0 Å². The van der Waals surface area contributed by atoms with Crippen LogP contribution in [0.5, 0.6) is 11.5 Å². The number of carbonyl (C=O) groups is 1. The van der Waals surface area contributed by atoms with Gasteiger partial charge in [0.05, 0.1) is 24.5 Å². The van der Waals surface area contributed by atoms with Gasteiger partial charge in [0.1, 0.15) is 11.4 Å². The van der Waals surface area contributed by atoms with E-state index in [9.17, 15) is 22.4 Å². The Balaban J connectivity index is 0.000000207. The molecule has 3 aromatic rings. The van der Waals surface area contributed by atoms with Gasteiger partial charge in [0.2, 0.25) is 0 Å². The number of urea groups is 1. The van der Waals surface area contributed by atoms with Crippen molar-refractivity contribution in [3.05, 3.63) is 78.6 Å². The molecule has 2 aromatic heterocycles. The number of alkyl halides is 3. The Morgan fingerprint density at radius 3 is 2.59 bits per heavy atom. The van der Waals surface area contributed by atoms with Gasteiger partial charge in [0.15, 0.2) is 11.6 Å². The van der Waals surface area contributed by atoms with Crippen LogP contribution >= 0.6 is 0 Å². The van der Waals surface area contributed by atoms with E-state index in [0.29, 0.717) is 18.7 Å². The van der Waals surface area contributed by atoms with E-state index in [1.165, 1.54) is 12.1 Å². The maximum absolute atomic E-state index is 12.5. The number of halogens is 4. The predicted molar refractivity (Wildman–Crippen MR) is 107 cm³/mol. The molecule has 3 heterocycles. The molecule has 0 aliphatic carbocycles. The number of nitrogens with one attached hydrogen (secondary N) is 2. The number of hydrogen-bond acceptors (Lipinski definition) is 5. The minimum atomic E-state index is -4.85. The average Bonchev–Trinajstić information content (AvgIpc) is 2.76. The largest absolute Gasteiger partial charge is 0.573 e. The molecule has 1 unspecified atom stereocenters. The first-order chi connectivity index (χ1) is 15.3. The van der Waals surface area contributed by atoms with Crippen molar-refractivity contribution in [2.24, 2.45) is 0 Å². The summed E-state index contributed by atoms with van der Waals surface area (Å²) in [4.78, 5) is 20.2. The third-order valence-electron chi connectivity index (χ3n) is 4.08. The molecule has 2 amide bonds. The first kappa shape index (κ1) is 22.8. The molecular weight excluding hydrogens is 432 g/mol. The van der Waals surface area contributed by atoms with Crippen LogP contribution in [0.1, 0.15) is 18.2 Å². The van der Waals surface area contributed by atoms with Crippen molar-refractivity contribution in [1.82, 2.24) is 15.3 Å². The number of carbonyl (C=O) groups excluding carboxylic acids is 1. The Morgan fingerprint density at radius 2 is 1.88 bits per heavy atom. The summed E-state index contributed by atoms with van der Waals surface area (Å²) >= 11 is 0. The second kappa shape index (κ2) is 10.4. The van der Waals surface area contributed by atoms with Crippen LogP contribution in [0.4, 0.5) is 28.0 Å². The zero-order chi connectivity index (χ0) is 23.0. The molecule has 4 rings (SSSR count). The number of benzene rings is 1. The number of anilines is 1. The van der Waals surface area contributed by atoms with E-state index in [-0.39, 0.29) is 12.1 Å². The SMILES string of the molecule is Fc1ccccc1OC(F)(F)F.O=C(Nc1cccnc1)NC1CCOc2cccnc21. The van der Waals surface area contributed by atoms with Crippen molar-refractivity contribution in [2.45, 2.75) is 18.8 Å². The molecule has 11 heteroatoms. The maximum atomic E-state index is 12.5. The van der Waals surface area contributed by atoms with Crippen molar-refractivity contribution < 1.29 is 31.8 Å². The number of nitrogens with zero attached hydrogens (tertiary/aromatic N) is 2. The Kier molecular flexibility index (Phi) is 7.42. The van der Waals surface area contributed by atoms with Gasteiger partial charge in [-0.3, -0.25) is 9.97 Å². The van der Waals surface area contributed by atoms with Gasteiger partial charge in [-0.2, -0.15) is 0 Å². The first-order valence-electron chi connectivity index (χ1n) is 9.37. The fraction of sp³-hybridized carbons (Fsp3) is 0.190. The van der Waals surface area contributed by atoms with Crippen LogP contribution < -0.4 is 20.1 Å². The maximum Gasteiger partial charge on any atom is 0.573 e. The molecule has 7 nitrogen and oxygen atoms in total. The summed E-state index contributed by atoms with van der Waals surface area (Å²) in [7, 11) is 0. The Hall–Kier alpha value is -3.89. The summed E-state index contributed by atoms with van der Waals surface area (Å²) < 4.78 is 56.0. The number of rotatable bonds is 3. The quantitative estimate of drug-likeness (QED) is 0.558. The molecule has 0 fully saturated rings. The number of fused-ring (bicyclic) bond motifs is 1. The highest BCUT2D eigenvalue weighted by Crippen LogP contribution is 2.29. The van der Waals surface area contributed by atoms with E-state index >= 15 is 0 Å². The highest BCUT2D eigenvalue weighted by Gasteiger charge is 2.32. The summed E-state index contributed by atoms with van der Waals surface area (Å²) in [5.74, 6) is -1.12. The number of hydrogen-bond donors (Lipinski definition) is 2. The predicted octanol–water partition coefficient (Wildman–Crippen LogP) is 4.85. The zero-order valence-electron chi connectivity index (χ0n) is 16.5. The number of ether oxygens (including phenoxy) is 2. The van der Waals surface area contributed by atoms with Crippen LogP contribution in [0, 0.1) is 5.82 Å². The summed E-state index contributed by atoms with van der Waals surface area (Å²) in [6, 6.07) is 11.1. The summed E-state index contributed by atoms with van der Waals surface area (Å²) in [6.45, 7) is 0.566. The van der Waals surface area contributed by atoms with Crippen molar-refractivity contribution in [3.8, 4) is 11.5 Å². The molecule has 1 aliphatic heterocycles. The molecule has 0 bridgehead atoms. The van der Waals surface area contributed by atoms with Crippen LogP contribution in [-0.2, 0) is 0 Å². The van der Waals surface area contributed by atoms with E-state index in [1.54, 1.807) is 30.7 Å². The molecule has 0 radical (unpaired) electrons. The number of aromatic nitrogens is 2. The molecular formula is C21H18F4N4O3. The standard InChI is InChI=1S/C14H14N4O2.C7H4F4O/c19-14(17-10-3-1-6-15-9-10)18-11-5-8-20-12-4-2-7-16-13(11)12;8-5-3-1-2-4-6(5)12-7(9,10)11/h1-4,6-7,9,11H,5,8H2,(H2,17,18,19);1-4H. The van der Waals surface area contributed by atoms with Gasteiger partial charge in [-0.05, 0) is 36.4 Å². The van der Waals surface area contributed by atoms with Crippen LogP contribution in [0.15, 0.2) is 67.1 Å². The second-order valence-electron chi connectivity index (χ2n) is 6.39. The van der Waals surface area contributed by atoms with Crippen LogP contribution in [-0.4, -0.2) is 29.0 Å². The lowest BCUT2D eigenvalue weighted by molar-refractivity contribution is -0.275. The lowest BCUT2D eigenvalue weighted by atomic mass is 10.1. The smallest absolute Gasteiger partial charge is 0.491 e. The van der Waals surface area contributed by atoms with Crippen molar-refractivity contribution >= 4 is 11.7 Å². The number of pyridine rings is 2. The normalized spacial score (nSPS) is 14.7. The second-order valence-corrected chi connectivity index (χ2v) is 6.39. The fourth-order valence-electron chi connectivity index (χ4n) is 2.76. The highest BCUT2D eigenvalue weighted by molar-refractivity contribution is 5.89. The molecule has 1 aliphatic rings. The Morgan fingerprint density at radius 1 is 1.09 bits per heavy atom.